The van der Waals surface area contributed by atoms with Crippen molar-refractivity contribution in [2.45, 2.75) is 13.8 Å². The Hall–Kier alpha value is -1.26. The molecule has 106 valence electrons. The van der Waals surface area contributed by atoms with Crippen molar-refractivity contribution in [2.75, 3.05) is 26.8 Å². The lowest BCUT2D eigenvalue weighted by Gasteiger charge is -2.13. The Balaban J connectivity index is 2.73. The molecule has 0 radical (unpaired) electrons. The third-order valence-corrected chi connectivity index (χ3v) is 2.85. The zero-order chi connectivity index (χ0) is 14.3. The highest BCUT2D eigenvalue weighted by atomic mass is 19.2. The van der Waals surface area contributed by atoms with Gasteiger partial charge in [-0.25, -0.2) is 8.78 Å². The Morgan fingerprint density at radius 2 is 2.05 bits per heavy atom. The lowest BCUT2D eigenvalue weighted by molar-refractivity contribution is 0.200. The van der Waals surface area contributed by atoms with Gasteiger partial charge in [-0.15, -0.1) is 0 Å². The maximum Gasteiger partial charge on any atom is 0.159 e. The van der Waals surface area contributed by atoms with Crippen LogP contribution in [0.1, 0.15) is 19.4 Å². The van der Waals surface area contributed by atoms with Gasteiger partial charge in [-0.2, -0.15) is 0 Å². The van der Waals surface area contributed by atoms with E-state index in [9.17, 15) is 8.78 Å². The van der Waals surface area contributed by atoms with Crippen LogP contribution < -0.4 is 5.32 Å². The Morgan fingerprint density at radius 3 is 2.63 bits per heavy atom. The lowest BCUT2D eigenvalue weighted by Crippen LogP contribution is -2.23. The van der Waals surface area contributed by atoms with Gasteiger partial charge in [0.05, 0.1) is 6.61 Å². The van der Waals surface area contributed by atoms with Crippen LogP contribution in [0, 0.1) is 17.6 Å². The molecule has 0 spiro atoms. The summed E-state index contributed by atoms with van der Waals surface area (Å²) in [5, 5.41) is 3.25. The first-order valence-electron chi connectivity index (χ1n) is 6.39. The lowest BCUT2D eigenvalue weighted by atomic mass is 10.00. The molecule has 1 aromatic rings. The van der Waals surface area contributed by atoms with Crippen molar-refractivity contribution in [3.05, 3.63) is 41.0 Å². The maximum atomic E-state index is 13.1. The molecule has 0 fully saturated rings. The Morgan fingerprint density at radius 1 is 1.32 bits per heavy atom. The van der Waals surface area contributed by atoms with Crippen molar-refractivity contribution in [1.29, 1.82) is 0 Å². The third-order valence-electron chi connectivity index (χ3n) is 2.85. The van der Waals surface area contributed by atoms with E-state index in [2.05, 4.69) is 19.2 Å². The molecule has 0 aliphatic rings. The van der Waals surface area contributed by atoms with Crippen molar-refractivity contribution in [1.82, 2.24) is 5.32 Å². The molecule has 0 unspecified atom stereocenters. The number of hydrogen-bond acceptors (Lipinski definition) is 2. The van der Waals surface area contributed by atoms with Crippen LogP contribution in [-0.4, -0.2) is 26.8 Å². The monoisotopic (exact) mass is 269 g/mol. The van der Waals surface area contributed by atoms with E-state index >= 15 is 0 Å². The quantitative estimate of drug-likeness (QED) is 0.767. The zero-order valence-electron chi connectivity index (χ0n) is 11.7. The molecule has 0 atom stereocenters. The summed E-state index contributed by atoms with van der Waals surface area (Å²) < 4.78 is 31.0. The molecule has 0 aromatic heterocycles. The molecular weight excluding hydrogens is 248 g/mol. The van der Waals surface area contributed by atoms with Gasteiger partial charge in [-0.05, 0) is 23.6 Å². The average molecular weight is 269 g/mol. The van der Waals surface area contributed by atoms with E-state index in [-0.39, 0.29) is 0 Å². The second-order valence-electron chi connectivity index (χ2n) is 4.72. The molecule has 1 rings (SSSR count). The van der Waals surface area contributed by atoms with Crippen LogP contribution in [0.3, 0.4) is 0 Å². The Labute approximate surface area is 113 Å². The van der Waals surface area contributed by atoms with E-state index in [1.54, 1.807) is 13.2 Å². The number of hydrogen-bond donors (Lipinski definition) is 1. The first-order valence-corrected chi connectivity index (χ1v) is 6.39. The number of methoxy groups -OCH3 is 1. The van der Waals surface area contributed by atoms with Crippen molar-refractivity contribution in [3.63, 3.8) is 0 Å². The van der Waals surface area contributed by atoms with E-state index in [0.717, 1.165) is 18.2 Å². The van der Waals surface area contributed by atoms with Crippen molar-refractivity contribution in [2.24, 2.45) is 5.92 Å². The third kappa shape index (κ3) is 5.49. The fraction of sp³-hybridized carbons (Fsp3) is 0.467. The molecule has 1 aromatic carbocycles. The van der Waals surface area contributed by atoms with Gasteiger partial charge < -0.3 is 10.1 Å². The van der Waals surface area contributed by atoms with Crippen LogP contribution in [0.25, 0.3) is 6.08 Å². The van der Waals surface area contributed by atoms with Gasteiger partial charge in [-0.3, -0.25) is 0 Å². The van der Waals surface area contributed by atoms with Crippen LogP contribution in [-0.2, 0) is 4.74 Å². The summed E-state index contributed by atoms with van der Waals surface area (Å²) in [6.45, 7) is 6.27. The summed E-state index contributed by atoms with van der Waals surface area (Å²) in [6, 6.07) is 3.94. The van der Waals surface area contributed by atoms with Crippen LogP contribution >= 0.6 is 0 Å². The number of nitrogens with one attached hydrogen (secondary N) is 1. The smallest absolute Gasteiger partial charge is 0.159 e. The van der Waals surface area contributed by atoms with Gasteiger partial charge in [0, 0.05) is 20.2 Å². The van der Waals surface area contributed by atoms with E-state index in [0.29, 0.717) is 24.6 Å². The standard InChI is InChI=1S/C15H21F2NO/c1-11(2)13(10-18-6-7-19-3)8-12-4-5-14(16)15(17)9-12/h4-5,8-9,11,18H,6-7,10H2,1-3H3. The van der Waals surface area contributed by atoms with Crippen LogP contribution in [0.5, 0.6) is 0 Å². The molecule has 0 aliphatic heterocycles. The van der Waals surface area contributed by atoms with Gasteiger partial charge in [0.1, 0.15) is 0 Å². The second-order valence-corrected chi connectivity index (χ2v) is 4.72. The summed E-state index contributed by atoms with van der Waals surface area (Å²) in [6.07, 6.45) is 1.90. The number of ether oxygens (including phenoxy) is 1. The maximum absolute atomic E-state index is 13.1. The highest BCUT2D eigenvalue weighted by Gasteiger charge is 2.05. The molecule has 0 saturated heterocycles. The zero-order valence-corrected chi connectivity index (χ0v) is 11.7. The van der Waals surface area contributed by atoms with Crippen LogP contribution in [0.2, 0.25) is 0 Å². The van der Waals surface area contributed by atoms with E-state index in [4.69, 9.17) is 4.74 Å². The highest BCUT2D eigenvalue weighted by molar-refractivity contribution is 5.53. The van der Waals surface area contributed by atoms with E-state index < -0.39 is 11.6 Å². The predicted octanol–water partition coefficient (Wildman–Crippen LogP) is 3.24. The van der Waals surface area contributed by atoms with Gasteiger partial charge in [0.2, 0.25) is 0 Å². The molecule has 0 heterocycles. The highest BCUT2D eigenvalue weighted by Crippen LogP contribution is 2.16. The minimum Gasteiger partial charge on any atom is -0.383 e. The number of rotatable bonds is 7. The minimum atomic E-state index is -0.818. The van der Waals surface area contributed by atoms with E-state index in [1.807, 2.05) is 6.08 Å². The number of halogens is 2. The number of benzene rings is 1. The van der Waals surface area contributed by atoms with Crippen molar-refractivity contribution in [3.8, 4) is 0 Å². The fourth-order valence-corrected chi connectivity index (χ4v) is 1.65. The first kappa shape index (κ1) is 15.8. The van der Waals surface area contributed by atoms with Gasteiger partial charge in [-0.1, -0.05) is 31.6 Å². The summed E-state index contributed by atoms with van der Waals surface area (Å²) in [4.78, 5) is 0. The summed E-state index contributed by atoms with van der Waals surface area (Å²) >= 11 is 0. The summed E-state index contributed by atoms with van der Waals surface area (Å²) in [5.41, 5.74) is 1.82. The topological polar surface area (TPSA) is 21.3 Å². The minimum absolute atomic E-state index is 0.336. The molecule has 0 saturated carbocycles. The van der Waals surface area contributed by atoms with Gasteiger partial charge in [0.25, 0.3) is 0 Å². The molecule has 0 amide bonds. The fourth-order valence-electron chi connectivity index (χ4n) is 1.65. The van der Waals surface area contributed by atoms with Crippen molar-refractivity contribution < 1.29 is 13.5 Å². The Bertz CT molecular complexity index is 430. The predicted molar refractivity (Wildman–Crippen MR) is 73.9 cm³/mol. The normalized spacial score (nSPS) is 12.2. The average Bonchev–Trinajstić information content (AvgIpc) is 2.37. The van der Waals surface area contributed by atoms with Gasteiger partial charge in [0.15, 0.2) is 11.6 Å². The molecule has 19 heavy (non-hydrogen) atoms. The summed E-state index contributed by atoms with van der Waals surface area (Å²) in [5.74, 6) is -1.30. The largest absolute Gasteiger partial charge is 0.383 e. The van der Waals surface area contributed by atoms with Gasteiger partial charge >= 0.3 is 0 Å². The second kappa shape index (κ2) is 8.02. The molecule has 4 heteroatoms. The first-order chi connectivity index (χ1) is 9.04. The SMILES string of the molecule is COCCNCC(=Cc1ccc(F)c(F)c1)C(C)C. The molecule has 0 bridgehead atoms. The molecule has 2 nitrogen and oxygen atoms in total. The Kier molecular flexibility index (Phi) is 6.67. The summed E-state index contributed by atoms with van der Waals surface area (Å²) in [7, 11) is 1.65. The van der Waals surface area contributed by atoms with Crippen LogP contribution in [0.15, 0.2) is 23.8 Å². The van der Waals surface area contributed by atoms with Crippen molar-refractivity contribution >= 4 is 6.08 Å². The molecular formula is C15H21F2NO. The van der Waals surface area contributed by atoms with E-state index in [1.165, 1.54) is 6.07 Å². The van der Waals surface area contributed by atoms with Crippen LogP contribution in [0.4, 0.5) is 8.78 Å². The molecule has 0 aliphatic carbocycles. The molecule has 1 N–H and O–H groups in total.